The number of rotatable bonds is 8. The Morgan fingerprint density at radius 1 is 1.46 bits per heavy atom. The van der Waals surface area contributed by atoms with E-state index in [2.05, 4.69) is 49.1 Å². The fourth-order valence-electron chi connectivity index (χ4n) is 3.11. The van der Waals surface area contributed by atoms with Crippen molar-refractivity contribution in [3.63, 3.8) is 0 Å². The highest BCUT2D eigenvalue weighted by Crippen LogP contribution is 2.19. The molecule has 0 saturated heterocycles. The predicted molar refractivity (Wildman–Crippen MR) is 95.1 cm³/mol. The second-order valence-corrected chi connectivity index (χ2v) is 7.04. The second kappa shape index (κ2) is 8.39. The molecule has 0 bridgehead atoms. The summed E-state index contributed by atoms with van der Waals surface area (Å²) < 4.78 is 2.25. The third-order valence-corrected chi connectivity index (χ3v) is 5.20. The van der Waals surface area contributed by atoms with Crippen molar-refractivity contribution in [2.45, 2.75) is 39.2 Å². The molecule has 1 atom stereocenters. The summed E-state index contributed by atoms with van der Waals surface area (Å²) in [4.78, 5) is 11.9. The van der Waals surface area contributed by atoms with Gasteiger partial charge in [0.15, 0.2) is 0 Å². The van der Waals surface area contributed by atoms with Crippen LogP contribution in [0.1, 0.15) is 30.6 Å². The van der Waals surface area contributed by atoms with E-state index in [9.17, 15) is 4.79 Å². The molecule has 24 heavy (non-hydrogen) atoms. The van der Waals surface area contributed by atoms with Crippen molar-refractivity contribution in [1.29, 1.82) is 0 Å². The first-order chi connectivity index (χ1) is 11.8. The van der Waals surface area contributed by atoms with Crippen molar-refractivity contribution in [2.75, 3.05) is 19.6 Å². The van der Waals surface area contributed by atoms with Crippen LogP contribution < -0.4 is 10.6 Å². The fourth-order valence-corrected chi connectivity index (χ4v) is 3.82. The Bertz CT molecular complexity index is 638. The number of carbonyl (C=O) groups excluding carboxylic acids is 1. The molecule has 1 aliphatic heterocycles. The van der Waals surface area contributed by atoms with E-state index >= 15 is 0 Å². The van der Waals surface area contributed by atoms with E-state index in [4.69, 9.17) is 0 Å². The third-order valence-electron chi connectivity index (χ3n) is 4.47. The molecular weight excluding hydrogens is 322 g/mol. The minimum atomic E-state index is 0.0697. The van der Waals surface area contributed by atoms with Crippen LogP contribution in [0.15, 0.2) is 16.8 Å². The Kier molecular flexibility index (Phi) is 5.98. The van der Waals surface area contributed by atoms with Crippen molar-refractivity contribution in [3.8, 4) is 0 Å². The van der Waals surface area contributed by atoms with Crippen LogP contribution in [0.2, 0.25) is 0 Å². The van der Waals surface area contributed by atoms with Crippen LogP contribution in [0.25, 0.3) is 0 Å². The molecule has 0 unspecified atom stereocenters. The van der Waals surface area contributed by atoms with Crippen molar-refractivity contribution < 1.29 is 4.79 Å². The Balaban J connectivity index is 1.34. The van der Waals surface area contributed by atoms with Crippen LogP contribution >= 0.6 is 11.3 Å². The zero-order valence-electron chi connectivity index (χ0n) is 14.1. The van der Waals surface area contributed by atoms with Crippen molar-refractivity contribution in [2.24, 2.45) is 5.92 Å². The molecule has 3 rings (SSSR count). The van der Waals surface area contributed by atoms with Crippen LogP contribution in [0.3, 0.4) is 0 Å². The first kappa shape index (κ1) is 17.1. The van der Waals surface area contributed by atoms with Crippen molar-refractivity contribution >= 4 is 17.2 Å². The van der Waals surface area contributed by atoms with E-state index < -0.39 is 0 Å². The highest BCUT2D eigenvalue weighted by Gasteiger charge is 2.22. The van der Waals surface area contributed by atoms with Gasteiger partial charge in [-0.15, -0.1) is 10.2 Å². The summed E-state index contributed by atoms with van der Waals surface area (Å²) in [6.07, 6.45) is 3.90. The van der Waals surface area contributed by atoms with Gasteiger partial charge in [0.05, 0.1) is 6.54 Å². The minimum absolute atomic E-state index is 0.0697. The van der Waals surface area contributed by atoms with Crippen LogP contribution in [0.5, 0.6) is 0 Å². The number of fused-ring (bicyclic) bond motifs is 1. The molecule has 2 aromatic rings. The lowest BCUT2D eigenvalue weighted by Gasteiger charge is -2.24. The predicted octanol–water partition coefficient (Wildman–Crippen LogP) is 1.41. The van der Waals surface area contributed by atoms with Gasteiger partial charge in [0, 0.05) is 32.5 Å². The molecule has 1 aliphatic rings. The molecule has 7 heteroatoms. The number of nitrogens with one attached hydrogen (secondary N) is 2. The third kappa shape index (κ3) is 4.42. The average Bonchev–Trinajstić information content (AvgIpc) is 3.23. The Morgan fingerprint density at radius 2 is 2.38 bits per heavy atom. The smallest absolute Gasteiger partial charge is 0.233 e. The number of aryl methyl sites for hydroxylation is 2. The topological polar surface area (TPSA) is 71.8 Å². The number of thiophene rings is 1. The lowest BCUT2D eigenvalue weighted by Crippen LogP contribution is -2.38. The van der Waals surface area contributed by atoms with Gasteiger partial charge < -0.3 is 15.2 Å². The molecule has 6 nitrogen and oxygen atoms in total. The molecule has 2 aromatic heterocycles. The van der Waals surface area contributed by atoms with Gasteiger partial charge in [0.25, 0.3) is 0 Å². The summed E-state index contributed by atoms with van der Waals surface area (Å²) in [6.45, 7) is 5.01. The monoisotopic (exact) mass is 347 g/mol. The summed E-state index contributed by atoms with van der Waals surface area (Å²) in [6, 6.07) is 2.10. The molecule has 0 aliphatic carbocycles. The number of hydrogen-bond acceptors (Lipinski definition) is 5. The molecule has 0 spiro atoms. The van der Waals surface area contributed by atoms with Gasteiger partial charge in [-0.2, -0.15) is 11.3 Å². The van der Waals surface area contributed by atoms with E-state index in [1.807, 2.05) is 0 Å². The average molecular weight is 347 g/mol. The Labute approximate surface area is 146 Å². The summed E-state index contributed by atoms with van der Waals surface area (Å²) in [7, 11) is 0. The highest BCUT2D eigenvalue weighted by atomic mass is 32.1. The maximum absolute atomic E-state index is 11.9. The lowest BCUT2D eigenvalue weighted by molar-refractivity contribution is -0.120. The van der Waals surface area contributed by atoms with Crippen molar-refractivity contribution in [1.82, 2.24) is 25.4 Å². The van der Waals surface area contributed by atoms with Crippen molar-refractivity contribution in [3.05, 3.63) is 34.0 Å². The molecule has 1 amide bonds. The second-order valence-electron chi connectivity index (χ2n) is 6.26. The Hall–Kier alpha value is -1.73. The molecule has 130 valence electrons. The fraction of sp³-hybridized carbons (Fsp3) is 0.588. The molecule has 0 fully saturated rings. The zero-order chi connectivity index (χ0) is 16.8. The maximum Gasteiger partial charge on any atom is 0.233 e. The molecular formula is C17H25N5OS. The first-order valence-electron chi connectivity index (χ1n) is 8.65. The van der Waals surface area contributed by atoms with Crippen LogP contribution in [-0.4, -0.2) is 40.3 Å². The summed E-state index contributed by atoms with van der Waals surface area (Å²) in [5.74, 6) is 2.79. The standard InChI is InChI=1S/C17H25N5OS/c1-2-15-20-21-16-4-3-14(11-22(15)16)9-18-10-17(23)19-7-5-13-6-8-24-12-13/h6,8,12,14,18H,2-5,7,9-11H2,1H3,(H,19,23)/t14-/m1/s1. The van der Waals surface area contributed by atoms with E-state index in [1.54, 1.807) is 11.3 Å². The van der Waals surface area contributed by atoms with Crippen LogP contribution in [-0.2, 0) is 30.6 Å². The van der Waals surface area contributed by atoms with E-state index in [-0.39, 0.29) is 5.91 Å². The van der Waals surface area contributed by atoms with Gasteiger partial charge in [0.1, 0.15) is 11.6 Å². The summed E-state index contributed by atoms with van der Waals surface area (Å²) in [5, 5.41) is 18.9. The van der Waals surface area contributed by atoms with E-state index in [1.165, 1.54) is 5.56 Å². The number of amides is 1. The molecule has 3 heterocycles. The summed E-state index contributed by atoms with van der Waals surface area (Å²) >= 11 is 1.69. The van der Waals surface area contributed by atoms with E-state index in [0.29, 0.717) is 19.0 Å². The summed E-state index contributed by atoms with van der Waals surface area (Å²) in [5.41, 5.74) is 1.28. The SMILES string of the molecule is CCc1nnc2n1C[C@@H](CNCC(=O)NCCc1ccsc1)CC2. The largest absolute Gasteiger partial charge is 0.355 e. The van der Waals surface area contributed by atoms with Crippen LogP contribution in [0, 0.1) is 5.92 Å². The molecule has 0 aromatic carbocycles. The van der Waals surface area contributed by atoms with Gasteiger partial charge in [-0.3, -0.25) is 4.79 Å². The van der Waals surface area contributed by atoms with Gasteiger partial charge in [-0.1, -0.05) is 6.92 Å². The van der Waals surface area contributed by atoms with Gasteiger partial charge in [-0.25, -0.2) is 0 Å². The van der Waals surface area contributed by atoms with Gasteiger partial charge >= 0.3 is 0 Å². The Morgan fingerprint density at radius 3 is 3.17 bits per heavy atom. The lowest BCUT2D eigenvalue weighted by atomic mass is 9.99. The first-order valence-corrected chi connectivity index (χ1v) is 9.60. The number of aromatic nitrogens is 3. The quantitative estimate of drug-likeness (QED) is 0.757. The molecule has 0 saturated carbocycles. The minimum Gasteiger partial charge on any atom is -0.355 e. The zero-order valence-corrected chi connectivity index (χ0v) is 14.9. The van der Waals surface area contributed by atoms with E-state index in [0.717, 1.165) is 50.4 Å². The van der Waals surface area contributed by atoms with Crippen LogP contribution in [0.4, 0.5) is 0 Å². The normalized spacial score (nSPS) is 16.8. The molecule has 0 radical (unpaired) electrons. The maximum atomic E-state index is 11.9. The highest BCUT2D eigenvalue weighted by molar-refractivity contribution is 7.07. The van der Waals surface area contributed by atoms with Gasteiger partial charge in [-0.05, 0) is 41.1 Å². The van der Waals surface area contributed by atoms with Gasteiger partial charge in [0.2, 0.25) is 5.91 Å². The number of nitrogens with zero attached hydrogens (tertiary/aromatic N) is 3. The number of hydrogen-bond donors (Lipinski definition) is 2. The molecule has 2 N–H and O–H groups in total. The number of carbonyl (C=O) groups is 1.